The van der Waals surface area contributed by atoms with Crippen molar-refractivity contribution < 1.29 is 22.7 Å². The second kappa shape index (κ2) is 9.90. The van der Waals surface area contributed by atoms with E-state index in [0.29, 0.717) is 18.5 Å². The molecule has 0 radical (unpaired) electrons. The van der Waals surface area contributed by atoms with Crippen LogP contribution in [0.1, 0.15) is 10.4 Å². The molecule has 10 heteroatoms. The van der Waals surface area contributed by atoms with Gasteiger partial charge in [0.2, 0.25) is 5.91 Å². The molecular formula is C18H21N3O5S2. The van der Waals surface area contributed by atoms with E-state index in [4.69, 9.17) is 4.74 Å². The van der Waals surface area contributed by atoms with E-state index in [1.165, 1.54) is 43.7 Å². The number of hydrogen-bond donors (Lipinski definition) is 3. The summed E-state index contributed by atoms with van der Waals surface area (Å²) < 4.78 is 31.7. The van der Waals surface area contributed by atoms with E-state index in [2.05, 4.69) is 10.6 Å². The van der Waals surface area contributed by atoms with Crippen LogP contribution in [-0.4, -0.2) is 41.1 Å². The van der Waals surface area contributed by atoms with Crippen LogP contribution in [0.4, 0.5) is 4.79 Å². The van der Waals surface area contributed by atoms with Crippen molar-refractivity contribution >= 4 is 39.4 Å². The molecule has 28 heavy (non-hydrogen) atoms. The van der Waals surface area contributed by atoms with Crippen LogP contribution in [0.15, 0.2) is 46.7 Å². The maximum atomic E-state index is 12.4. The number of nitrogens with one attached hydrogen (secondary N) is 3. The fourth-order valence-corrected chi connectivity index (χ4v) is 4.04. The number of amides is 3. The van der Waals surface area contributed by atoms with Crippen molar-refractivity contribution in [1.82, 2.24) is 15.4 Å². The van der Waals surface area contributed by atoms with Crippen molar-refractivity contribution in [3.63, 3.8) is 0 Å². The van der Waals surface area contributed by atoms with Gasteiger partial charge in [0.25, 0.3) is 10.0 Å². The van der Waals surface area contributed by atoms with Gasteiger partial charge in [0.1, 0.15) is 10.6 Å². The maximum absolute atomic E-state index is 12.4. The number of methoxy groups -OCH3 is 1. The molecule has 1 aromatic heterocycles. The Balaban J connectivity index is 2.02. The van der Waals surface area contributed by atoms with Crippen LogP contribution in [-0.2, 0) is 21.2 Å². The predicted octanol–water partition coefficient (Wildman–Crippen LogP) is 1.75. The number of ether oxygens (including phenoxy) is 1. The number of carbonyl (C=O) groups excluding carboxylic acids is 2. The minimum atomic E-state index is -4.10. The Kier molecular flexibility index (Phi) is 7.59. The second-order valence-electron chi connectivity index (χ2n) is 5.56. The molecule has 1 heterocycles. The maximum Gasteiger partial charge on any atom is 0.328 e. The van der Waals surface area contributed by atoms with Gasteiger partial charge >= 0.3 is 6.03 Å². The number of rotatable bonds is 8. The minimum absolute atomic E-state index is 0.114. The molecule has 0 saturated carbocycles. The zero-order valence-corrected chi connectivity index (χ0v) is 17.0. The lowest BCUT2D eigenvalue weighted by molar-refractivity contribution is -0.116. The first-order valence-corrected chi connectivity index (χ1v) is 10.6. The average molecular weight is 424 g/mol. The van der Waals surface area contributed by atoms with E-state index in [9.17, 15) is 18.0 Å². The number of hydrogen-bond acceptors (Lipinski definition) is 6. The van der Waals surface area contributed by atoms with Crippen LogP contribution in [0.3, 0.4) is 0 Å². The van der Waals surface area contributed by atoms with Gasteiger partial charge in [-0.2, -0.15) is 0 Å². The quantitative estimate of drug-likeness (QED) is 0.560. The summed E-state index contributed by atoms with van der Waals surface area (Å²) in [6, 6.07) is 7.57. The van der Waals surface area contributed by atoms with Crippen molar-refractivity contribution in [2.75, 3.05) is 20.7 Å². The summed E-state index contributed by atoms with van der Waals surface area (Å²) in [5, 5.41) is 6.85. The first-order valence-electron chi connectivity index (χ1n) is 8.26. The molecular weight excluding hydrogens is 402 g/mol. The van der Waals surface area contributed by atoms with Crippen molar-refractivity contribution in [3.05, 3.63) is 52.2 Å². The predicted molar refractivity (Wildman–Crippen MR) is 108 cm³/mol. The molecule has 0 spiro atoms. The number of thiophene rings is 1. The summed E-state index contributed by atoms with van der Waals surface area (Å²) in [4.78, 5) is 24.1. The summed E-state index contributed by atoms with van der Waals surface area (Å²) in [6.45, 7) is 0.322. The van der Waals surface area contributed by atoms with E-state index in [-0.39, 0.29) is 16.6 Å². The monoisotopic (exact) mass is 423 g/mol. The summed E-state index contributed by atoms with van der Waals surface area (Å²) in [6.07, 6.45) is 3.58. The van der Waals surface area contributed by atoms with Gasteiger partial charge in [-0.15, -0.1) is 11.3 Å². The highest BCUT2D eigenvalue weighted by Crippen LogP contribution is 2.25. The molecule has 0 aliphatic heterocycles. The highest BCUT2D eigenvalue weighted by molar-refractivity contribution is 7.90. The van der Waals surface area contributed by atoms with Crippen LogP contribution in [0.25, 0.3) is 6.08 Å². The fourth-order valence-electron chi connectivity index (χ4n) is 2.25. The smallest absolute Gasteiger partial charge is 0.328 e. The van der Waals surface area contributed by atoms with Crippen molar-refractivity contribution in [1.29, 1.82) is 0 Å². The lowest BCUT2D eigenvalue weighted by atomic mass is 10.1. The van der Waals surface area contributed by atoms with Crippen LogP contribution in [0.5, 0.6) is 5.75 Å². The van der Waals surface area contributed by atoms with Crippen LogP contribution >= 0.6 is 11.3 Å². The second-order valence-corrected chi connectivity index (χ2v) is 8.19. The first-order chi connectivity index (χ1) is 13.4. The SMILES string of the molecule is CNC(=O)NS(=O)(=O)c1cc(CCNC(=O)C=Cc2cccs2)ccc1OC. The van der Waals surface area contributed by atoms with Gasteiger partial charge in [0, 0.05) is 24.5 Å². The number of sulfonamides is 1. The van der Waals surface area contributed by atoms with Crippen LogP contribution < -0.4 is 20.1 Å². The molecule has 0 saturated heterocycles. The Hall–Kier alpha value is -2.85. The Bertz CT molecular complexity index is 954. The summed E-state index contributed by atoms with van der Waals surface area (Å²) in [7, 11) is -1.44. The van der Waals surface area contributed by atoms with Crippen molar-refractivity contribution in [3.8, 4) is 5.75 Å². The zero-order chi connectivity index (χ0) is 20.6. The van der Waals surface area contributed by atoms with E-state index in [1.54, 1.807) is 12.1 Å². The first kappa shape index (κ1) is 21.5. The normalized spacial score (nSPS) is 11.2. The molecule has 0 aliphatic carbocycles. The van der Waals surface area contributed by atoms with Gasteiger partial charge < -0.3 is 15.4 Å². The largest absolute Gasteiger partial charge is 0.495 e. The molecule has 0 atom stereocenters. The Labute approximate surface area is 167 Å². The summed E-state index contributed by atoms with van der Waals surface area (Å²) in [5.41, 5.74) is 0.667. The molecule has 0 unspecified atom stereocenters. The van der Waals surface area contributed by atoms with Crippen molar-refractivity contribution in [2.45, 2.75) is 11.3 Å². The lowest BCUT2D eigenvalue weighted by Gasteiger charge is -2.12. The molecule has 0 aliphatic rings. The molecule has 150 valence electrons. The molecule has 3 amide bonds. The van der Waals surface area contributed by atoms with E-state index in [1.807, 2.05) is 22.2 Å². The third-order valence-electron chi connectivity index (χ3n) is 3.63. The topological polar surface area (TPSA) is 114 Å². The van der Waals surface area contributed by atoms with Gasteiger partial charge in [-0.3, -0.25) is 4.79 Å². The van der Waals surface area contributed by atoms with Crippen LogP contribution in [0.2, 0.25) is 0 Å². The molecule has 0 bridgehead atoms. The molecule has 8 nitrogen and oxygen atoms in total. The lowest BCUT2D eigenvalue weighted by Crippen LogP contribution is -2.37. The summed E-state index contributed by atoms with van der Waals surface area (Å²) in [5.74, 6) is -0.126. The van der Waals surface area contributed by atoms with Gasteiger partial charge in [0.05, 0.1) is 7.11 Å². The van der Waals surface area contributed by atoms with E-state index in [0.717, 1.165) is 4.88 Å². The third kappa shape index (κ3) is 6.10. The zero-order valence-electron chi connectivity index (χ0n) is 15.4. The standard InChI is InChI=1S/C18H21N3O5S2/c1-19-18(23)21-28(24,25)16-12-13(5-7-15(16)26-2)9-10-20-17(22)8-6-14-4-3-11-27-14/h3-8,11-12H,9-10H2,1-2H3,(H,20,22)(H2,19,21,23). The Morgan fingerprint density at radius 3 is 2.68 bits per heavy atom. The van der Waals surface area contributed by atoms with Gasteiger partial charge in [-0.05, 0) is 41.6 Å². The molecule has 2 rings (SSSR count). The van der Waals surface area contributed by atoms with E-state index >= 15 is 0 Å². The van der Waals surface area contributed by atoms with Crippen LogP contribution in [0, 0.1) is 0 Å². The third-order valence-corrected chi connectivity index (χ3v) is 5.82. The summed E-state index contributed by atoms with van der Waals surface area (Å²) >= 11 is 1.53. The van der Waals surface area contributed by atoms with Gasteiger partial charge in [0.15, 0.2) is 0 Å². The Morgan fingerprint density at radius 1 is 1.25 bits per heavy atom. The molecule has 0 fully saturated rings. The van der Waals surface area contributed by atoms with E-state index < -0.39 is 16.1 Å². The van der Waals surface area contributed by atoms with Crippen molar-refractivity contribution in [2.24, 2.45) is 0 Å². The highest BCUT2D eigenvalue weighted by Gasteiger charge is 2.22. The number of carbonyl (C=O) groups is 2. The molecule has 2 aromatic rings. The molecule has 3 N–H and O–H groups in total. The highest BCUT2D eigenvalue weighted by atomic mass is 32.2. The van der Waals surface area contributed by atoms with Gasteiger partial charge in [-0.25, -0.2) is 17.9 Å². The fraction of sp³-hybridized carbons (Fsp3) is 0.222. The number of benzene rings is 1. The average Bonchev–Trinajstić information content (AvgIpc) is 3.19. The minimum Gasteiger partial charge on any atom is -0.495 e. The Morgan fingerprint density at radius 2 is 2.04 bits per heavy atom. The number of urea groups is 1. The van der Waals surface area contributed by atoms with Gasteiger partial charge in [-0.1, -0.05) is 12.1 Å². The molecule has 1 aromatic carbocycles.